The number of rotatable bonds is 6. The Hall–Kier alpha value is -0.920. The molecule has 0 saturated carbocycles. The minimum atomic E-state index is -3.61. The third kappa shape index (κ3) is 3.09. The zero-order valence-corrected chi connectivity index (χ0v) is 12.1. The Bertz CT molecular complexity index is 493. The average Bonchev–Trinajstić information content (AvgIpc) is 2.67. The van der Waals surface area contributed by atoms with Crippen molar-refractivity contribution in [2.24, 2.45) is 11.7 Å². The molecule has 0 spiro atoms. The van der Waals surface area contributed by atoms with E-state index in [0.29, 0.717) is 11.3 Å². The van der Waals surface area contributed by atoms with E-state index in [4.69, 9.17) is 5.73 Å². The van der Waals surface area contributed by atoms with Gasteiger partial charge in [0.15, 0.2) is 5.03 Å². The van der Waals surface area contributed by atoms with Crippen LogP contribution in [0.4, 0.5) is 0 Å². The van der Waals surface area contributed by atoms with Crippen LogP contribution in [0.1, 0.15) is 38.4 Å². The Labute approximate surface area is 108 Å². The lowest BCUT2D eigenvalue weighted by Gasteiger charge is -2.20. The predicted molar refractivity (Wildman–Crippen MR) is 70.5 cm³/mol. The number of aromatic amines is 1. The fourth-order valence-electron chi connectivity index (χ4n) is 1.84. The van der Waals surface area contributed by atoms with Gasteiger partial charge in [0, 0.05) is 23.8 Å². The zero-order chi connectivity index (χ0) is 13.9. The molecule has 1 atom stereocenters. The van der Waals surface area contributed by atoms with Crippen LogP contribution >= 0.6 is 0 Å². The summed E-state index contributed by atoms with van der Waals surface area (Å²) in [4.78, 5) is 0. The van der Waals surface area contributed by atoms with Crippen molar-refractivity contribution >= 4 is 10.0 Å². The van der Waals surface area contributed by atoms with Gasteiger partial charge in [0.05, 0.1) is 0 Å². The standard InChI is InChI=1S/C11H22N4O2S/c1-5-10(7(2)3)15-18(16,17)11-9(6-12)8(4)13-14-11/h7,10,15H,5-6,12H2,1-4H3,(H,13,14). The first-order valence-electron chi connectivity index (χ1n) is 6.09. The van der Waals surface area contributed by atoms with Crippen LogP contribution in [0.25, 0.3) is 0 Å². The van der Waals surface area contributed by atoms with Crippen molar-refractivity contribution in [1.82, 2.24) is 14.9 Å². The molecule has 18 heavy (non-hydrogen) atoms. The zero-order valence-electron chi connectivity index (χ0n) is 11.3. The molecule has 7 heteroatoms. The summed E-state index contributed by atoms with van der Waals surface area (Å²) in [5, 5.41) is 6.53. The van der Waals surface area contributed by atoms with Gasteiger partial charge in [0.1, 0.15) is 0 Å². The molecule has 0 aliphatic heterocycles. The number of sulfonamides is 1. The number of aromatic nitrogens is 2. The molecule has 1 heterocycles. The van der Waals surface area contributed by atoms with Gasteiger partial charge in [-0.15, -0.1) is 0 Å². The molecule has 1 rings (SSSR count). The fraction of sp³-hybridized carbons (Fsp3) is 0.727. The van der Waals surface area contributed by atoms with E-state index in [-0.39, 0.29) is 23.5 Å². The van der Waals surface area contributed by atoms with Crippen LogP contribution in [0.15, 0.2) is 5.03 Å². The van der Waals surface area contributed by atoms with E-state index in [9.17, 15) is 8.42 Å². The van der Waals surface area contributed by atoms with Crippen LogP contribution < -0.4 is 10.5 Å². The molecule has 0 amide bonds. The monoisotopic (exact) mass is 274 g/mol. The van der Waals surface area contributed by atoms with E-state index in [2.05, 4.69) is 14.9 Å². The SMILES string of the molecule is CCC(NS(=O)(=O)c1n[nH]c(C)c1CN)C(C)C. The van der Waals surface area contributed by atoms with Crippen LogP contribution in [0.2, 0.25) is 0 Å². The van der Waals surface area contributed by atoms with Crippen molar-refractivity contribution in [2.75, 3.05) is 0 Å². The fourth-order valence-corrected chi connectivity index (χ4v) is 3.51. The lowest BCUT2D eigenvalue weighted by atomic mass is 10.0. The van der Waals surface area contributed by atoms with Crippen molar-refractivity contribution in [3.63, 3.8) is 0 Å². The lowest BCUT2D eigenvalue weighted by Crippen LogP contribution is -2.38. The molecule has 1 unspecified atom stereocenters. The Kier molecular flexibility index (Phi) is 4.89. The van der Waals surface area contributed by atoms with Gasteiger partial charge in [-0.2, -0.15) is 5.10 Å². The minimum Gasteiger partial charge on any atom is -0.326 e. The summed E-state index contributed by atoms with van der Waals surface area (Å²) in [6.45, 7) is 7.82. The molecule has 104 valence electrons. The molecule has 0 aliphatic carbocycles. The molecular weight excluding hydrogens is 252 g/mol. The normalized spacial score (nSPS) is 14.1. The molecule has 0 bridgehead atoms. The Morgan fingerprint density at radius 2 is 2.06 bits per heavy atom. The van der Waals surface area contributed by atoms with Gasteiger partial charge in [0.25, 0.3) is 10.0 Å². The second-order valence-corrected chi connectivity index (χ2v) is 6.35. The van der Waals surface area contributed by atoms with Crippen molar-refractivity contribution in [2.45, 2.75) is 51.7 Å². The van der Waals surface area contributed by atoms with Crippen molar-refractivity contribution in [3.05, 3.63) is 11.3 Å². The maximum absolute atomic E-state index is 12.2. The smallest absolute Gasteiger partial charge is 0.260 e. The minimum absolute atomic E-state index is 0.0154. The van der Waals surface area contributed by atoms with Gasteiger partial charge in [-0.3, -0.25) is 5.10 Å². The van der Waals surface area contributed by atoms with E-state index < -0.39 is 10.0 Å². The first kappa shape index (κ1) is 15.1. The number of nitrogens with zero attached hydrogens (tertiary/aromatic N) is 1. The van der Waals surface area contributed by atoms with Crippen LogP contribution in [0.3, 0.4) is 0 Å². The predicted octanol–water partition coefficient (Wildman–Crippen LogP) is 0.890. The third-order valence-corrected chi connectivity index (χ3v) is 4.51. The number of hydrogen-bond donors (Lipinski definition) is 3. The highest BCUT2D eigenvalue weighted by Crippen LogP contribution is 2.17. The topological polar surface area (TPSA) is 101 Å². The van der Waals surface area contributed by atoms with Gasteiger partial charge in [0.2, 0.25) is 0 Å². The van der Waals surface area contributed by atoms with Crippen molar-refractivity contribution < 1.29 is 8.42 Å². The van der Waals surface area contributed by atoms with Gasteiger partial charge in [-0.1, -0.05) is 20.8 Å². The summed E-state index contributed by atoms with van der Waals surface area (Å²) < 4.78 is 27.2. The van der Waals surface area contributed by atoms with Crippen LogP contribution in [-0.4, -0.2) is 24.7 Å². The molecule has 0 radical (unpaired) electrons. The Balaban J connectivity index is 3.06. The van der Waals surface area contributed by atoms with Crippen LogP contribution in [0, 0.1) is 12.8 Å². The number of nitrogens with one attached hydrogen (secondary N) is 2. The average molecular weight is 274 g/mol. The third-order valence-electron chi connectivity index (χ3n) is 3.05. The molecular formula is C11H22N4O2S. The van der Waals surface area contributed by atoms with Gasteiger partial charge in [-0.25, -0.2) is 13.1 Å². The van der Waals surface area contributed by atoms with Crippen molar-refractivity contribution in [3.8, 4) is 0 Å². The number of aryl methyl sites for hydroxylation is 1. The summed E-state index contributed by atoms with van der Waals surface area (Å²) >= 11 is 0. The van der Waals surface area contributed by atoms with Crippen LogP contribution in [-0.2, 0) is 16.6 Å². The van der Waals surface area contributed by atoms with E-state index in [1.807, 2.05) is 20.8 Å². The van der Waals surface area contributed by atoms with E-state index in [0.717, 1.165) is 6.42 Å². The molecule has 0 aliphatic rings. The van der Waals surface area contributed by atoms with Gasteiger partial charge >= 0.3 is 0 Å². The molecule has 0 fully saturated rings. The maximum atomic E-state index is 12.2. The van der Waals surface area contributed by atoms with E-state index in [1.165, 1.54) is 0 Å². The second kappa shape index (κ2) is 5.81. The highest BCUT2D eigenvalue weighted by atomic mass is 32.2. The van der Waals surface area contributed by atoms with Crippen LogP contribution in [0.5, 0.6) is 0 Å². The number of hydrogen-bond acceptors (Lipinski definition) is 4. The molecule has 4 N–H and O–H groups in total. The quantitative estimate of drug-likeness (QED) is 0.717. The highest BCUT2D eigenvalue weighted by molar-refractivity contribution is 7.89. The second-order valence-electron chi connectivity index (χ2n) is 4.72. The number of H-pyrrole nitrogens is 1. The number of nitrogens with two attached hydrogens (primary N) is 1. The van der Waals surface area contributed by atoms with E-state index in [1.54, 1.807) is 6.92 Å². The summed E-state index contributed by atoms with van der Waals surface area (Å²) in [5.74, 6) is 0.228. The molecule has 0 saturated heterocycles. The van der Waals surface area contributed by atoms with E-state index >= 15 is 0 Å². The molecule has 1 aromatic heterocycles. The summed E-state index contributed by atoms with van der Waals surface area (Å²) in [6, 6.07) is -0.0994. The largest absolute Gasteiger partial charge is 0.326 e. The maximum Gasteiger partial charge on any atom is 0.260 e. The van der Waals surface area contributed by atoms with Gasteiger partial charge < -0.3 is 5.73 Å². The first-order chi connectivity index (χ1) is 8.33. The highest BCUT2D eigenvalue weighted by Gasteiger charge is 2.26. The first-order valence-corrected chi connectivity index (χ1v) is 7.58. The summed E-state index contributed by atoms with van der Waals surface area (Å²) in [7, 11) is -3.61. The summed E-state index contributed by atoms with van der Waals surface area (Å²) in [5.41, 5.74) is 6.80. The lowest BCUT2D eigenvalue weighted by molar-refractivity contribution is 0.436. The van der Waals surface area contributed by atoms with Crippen molar-refractivity contribution in [1.29, 1.82) is 0 Å². The summed E-state index contributed by atoms with van der Waals surface area (Å²) in [6.07, 6.45) is 0.734. The van der Waals surface area contributed by atoms with Gasteiger partial charge in [-0.05, 0) is 19.3 Å². The Morgan fingerprint density at radius 1 is 1.44 bits per heavy atom. The molecule has 0 aromatic carbocycles. The molecule has 1 aromatic rings. The Morgan fingerprint density at radius 3 is 2.50 bits per heavy atom. The molecule has 6 nitrogen and oxygen atoms in total.